The minimum absolute atomic E-state index is 0.0338. The maximum absolute atomic E-state index is 6.10. The summed E-state index contributed by atoms with van der Waals surface area (Å²) in [6.07, 6.45) is 25.9. The highest BCUT2D eigenvalue weighted by Gasteiger charge is 2.09. The second kappa shape index (κ2) is 28.5. The Hall–Kier alpha value is -0.580. The fourth-order valence-corrected chi connectivity index (χ4v) is 3.51. The Balaban J connectivity index is 3.87. The Kier molecular flexibility index (Phi) is 27.9. The average Bonchev–Trinajstić information content (AvgIpc) is 2.80. The van der Waals surface area contributed by atoms with Gasteiger partial charge in [-0.15, -0.1) is 0 Å². The summed E-state index contributed by atoms with van der Waals surface area (Å²) >= 11 is 0. The smallest absolute Gasteiger partial charge is 0.188 e. The van der Waals surface area contributed by atoms with Crippen molar-refractivity contribution in [3.63, 3.8) is 0 Å². The van der Waals surface area contributed by atoms with E-state index in [1.165, 1.54) is 64.2 Å². The van der Waals surface area contributed by atoms with E-state index in [0.717, 1.165) is 71.2 Å². The zero-order valence-corrected chi connectivity index (χ0v) is 21.9. The normalized spacial score (nSPS) is 11.8. The van der Waals surface area contributed by atoms with E-state index in [-0.39, 0.29) is 6.29 Å². The maximum atomic E-state index is 6.10. The first-order valence-corrected chi connectivity index (χ1v) is 13.9. The van der Waals surface area contributed by atoms with E-state index in [9.17, 15) is 0 Å². The fraction of sp³-hybridized carbons (Fsp3) is 0.929. The SMILES string of the molecule is CCCCCCCCOC(CCCCC=COCOCCCC)OCCCCCCCC. The van der Waals surface area contributed by atoms with Gasteiger partial charge >= 0.3 is 0 Å². The van der Waals surface area contributed by atoms with Gasteiger partial charge in [0.05, 0.1) is 12.9 Å². The van der Waals surface area contributed by atoms with Gasteiger partial charge in [0.15, 0.2) is 13.1 Å². The van der Waals surface area contributed by atoms with Crippen LogP contribution in [0.4, 0.5) is 0 Å². The Labute approximate surface area is 200 Å². The first kappa shape index (κ1) is 31.4. The maximum Gasteiger partial charge on any atom is 0.188 e. The van der Waals surface area contributed by atoms with Gasteiger partial charge in [0.2, 0.25) is 0 Å². The van der Waals surface area contributed by atoms with E-state index >= 15 is 0 Å². The van der Waals surface area contributed by atoms with Crippen molar-refractivity contribution >= 4 is 0 Å². The van der Waals surface area contributed by atoms with Crippen LogP contribution in [-0.4, -0.2) is 32.9 Å². The van der Waals surface area contributed by atoms with Crippen molar-refractivity contribution in [1.29, 1.82) is 0 Å². The molecule has 0 N–H and O–H groups in total. The molecule has 32 heavy (non-hydrogen) atoms. The molecule has 0 aromatic heterocycles. The summed E-state index contributed by atoms with van der Waals surface area (Å²) in [5.41, 5.74) is 0. The highest BCUT2D eigenvalue weighted by Crippen LogP contribution is 2.13. The molecule has 0 bridgehead atoms. The summed E-state index contributed by atoms with van der Waals surface area (Å²) in [5, 5.41) is 0. The predicted molar refractivity (Wildman–Crippen MR) is 137 cm³/mol. The highest BCUT2D eigenvalue weighted by molar-refractivity contribution is 4.72. The van der Waals surface area contributed by atoms with Gasteiger partial charge in [0.25, 0.3) is 0 Å². The van der Waals surface area contributed by atoms with Crippen LogP contribution >= 0.6 is 0 Å². The molecule has 0 rings (SSSR count). The third kappa shape index (κ3) is 25.7. The Bertz CT molecular complexity index is 341. The van der Waals surface area contributed by atoms with Crippen molar-refractivity contribution in [2.24, 2.45) is 0 Å². The number of hydrogen-bond acceptors (Lipinski definition) is 4. The quantitative estimate of drug-likeness (QED) is 0.0702. The molecule has 0 heterocycles. The van der Waals surface area contributed by atoms with Gasteiger partial charge in [-0.3, -0.25) is 0 Å². The summed E-state index contributed by atoms with van der Waals surface area (Å²) in [6, 6.07) is 0. The molecule has 0 saturated heterocycles. The largest absolute Gasteiger partial charge is 0.475 e. The predicted octanol–water partition coefficient (Wildman–Crippen LogP) is 8.93. The van der Waals surface area contributed by atoms with Crippen LogP contribution in [0.15, 0.2) is 12.3 Å². The van der Waals surface area contributed by atoms with E-state index in [1.807, 2.05) is 0 Å². The molecule has 0 amide bonds. The minimum Gasteiger partial charge on any atom is -0.475 e. The van der Waals surface area contributed by atoms with Crippen LogP contribution in [0.25, 0.3) is 0 Å². The highest BCUT2D eigenvalue weighted by atomic mass is 16.7. The summed E-state index contributed by atoms with van der Waals surface area (Å²) in [7, 11) is 0. The fourth-order valence-electron chi connectivity index (χ4n) is 3.51. The van der Waals surface area contributed by atoms with Gasteiger partial charge in [-0.1, -0.05) is 91.4 Å². The molecule has 0 spiro atoms. The summed E-state index contributed by atoms with van der Waals surface area (Å²) in [5.74, 6) is 0. The van der Waals surface area contributed by atoms with Crippen molar-refractivity contribution in [3.05, 3.63) is 12.3 Å². The molecule has 0 atom stereocenters. The molecular formula is C28H56O4. The molecule has 0 unspecified atom stereocenters. The number of rotatable bonds is 27. The van der Waals surface area contributed by atoms with Crippen LogP contribution in [-0.2, 0) is 18.9 Å². The molecule has 0 aliphatic carbocycles. The van der Waals surface area contributed by atoms with Crippen molar-refractivity contribution in [2.75, 3.05) is 26.6 Å². The van der Waals surface area contributed by atoms with Crippen LogP contribution in [0.2, 0.25) is 0 Å². The van der Waals surface area contributed by atoms with Crippen LogP contribution in [0, 0.1) is 0 Å². The van der Waals surface area contributed by atoms with E-state index in [0.29, 0.717) is 6.79 Å². The Morgan fingerprint density at radius 3 is 1.72 bits per heavy atom. The lowest BCUT2D eigenvalue weighted by atomic mass is 10.1. The Morgan fingerprint density at radius 2 is 1.12 bits per heavy atom. The van der Waals surface area contributed by atoms with E-state index < -0.39 is 0 Å². The standard InChI is InChI=1S/C28H56O4/c1-4-7-10-12-15-20-25-31-28(32-26-21-16-13-11-8-5-2)22-18-14-17-19-24-30-27-29-23-9-6-3/h19,24,28H,4-18,20-23,25-27H2,1-3H3. The first-order chi connectivity index (χ1) is 15.8. The number of ether oxygens (including phenoxy) is 4. The Morgan fingerprint density at radius 1 is 0.562 bits per heavy atom. The van der Waals surface area contributed by atoms with Crippen molar-refractivity contribution in [2.45, 2.75) is 143 Å². The summed E-state index contributed by atoms with van der Waals surface area (Å²) < 4.78 is 22.9. The molecule has 0 aliphatic heterocycles. The van der Waals surface area contributed by atoms with Crippen molar-refractivity contribution < 1.29 is 18.9 Å². The minimum atomic E-state index is -0.0338. The zero-order valence-electron chi connectivity index (χ0n) is 21.9. The molecule has 0 aromatic carbocycles. The lowest BCUT2D eigenvalue weighted by molar-refractivity contribution is -0.148. The average molecular weight is 457 g/mol. The van der Waals surface area contributed by atoms with Gasteiger partial charge in [0.1, 0.15) is 0 Å². The molecule has 0 aromatic rings. The van der Waals surface area contributed by atoms with Crippen LogP contribution in [0.3, 0.4) is 0 Å². The first-order valence-electron chi connectivity index (χ1n) is 13.9. The number of hydrogen-bond donors (Lipinski definition) is 0. The molecule has 0 radical (unpaired) electrons. The second-order valence-corrected chi connectivity index (χ2v) is 8.91. The molecule has 4 nitrogen and oxygen atoms in total. The van der Waals surface area contributed by atoms with Gasteiger partial charge in [-0.05, 0) is 51.0 Å². The molecule has 0 aliphatic rings. The van der Waals surface area contributed by atoms with Gasteiger partial charge in [0, 0.05) is 13.2 Å². The third-order valence-corrected chi connectivity index (χ3v) is 5.65. The lowest BCUT2D eigenvalue weighted by Gasteiger charge is -2.19. The molecule has 4 heteroatoms. The topological polar surface area (TPSA) is 36.9 Å². The third-order valence-electron chi connectivity index (χ3n) is 5.65. The van der Waals surface area contributed by atoms with Crippen molar-refractivity contribution in [3.8, 4) is 0 Å². The molecular weight excluding hydrogens is 400 g/mol. The second-order valence-electron chi connectivity index (χ2n) is 8.91. The monoisotopic (exact) mass is 456 g/mol. The van der Waals surface area contributed by atoms with Crippen LogP contribution in [0.5, 0.6) is 0 Å². The van der Waals surface area contributed by atoms with E-state index in [4.69, 9.17) is 18.9 Å². The number of unbranched alkanes of at least 4 members (excludes halogenated alkanes) is 13. The van der Waals surface area contributed by atoms with E-state index in [1.54, 1.807) is 6.26 Å². The summed E-state index contributed by atoms with van der Waals surface area (Å²) in [6.45, 7) is 9.49. The lowest BCUT2D eigenvalue weighted by Crippen LogP contribution is -2.19. The molecule has 0 saturated carbocycles. The zero-order chi connectivity index (χ0) is 23.4. The van der Waals surface area contributed by atoms with Gasteiger partial charge in [-0.25, -0.2) is 0 Å². The van der Waals surface area contributed by atoms with E-state index in [2.05, 4.69) is 26.8 Å². The van der Waals surface area contributed by atoms with Gasteiger partial charge in [-0.2, -0.15) is 0 Å². The molecule has 0 fully saturated rings. The van der Waals surface area contributed by atoms with Gasteiger partial charge < -0.3 is 18.9 Å². The van der Waals surface area contributed by atoms with Crippen LogP contribution in [0.1, 0.15) is 136 Å². The molecule has 192 valence electrons. The number of allylic oxidation sites excluding steroid dienone is 1. The van der Waals surface area contributed by atoms with Crippen LogP contribution < -0.4 is 0 Å². The van der Waals surface area contributed by atoms with Crippen molar-refractivity contribution in [1.82, 2.24) is 0 Å². The summed E-state index contributed by atoms with van der Waals surface area (Å²) in [4.78, 5) is 0.